The number of rotatable bonds is 4. The van der Waals surface area contributed by atoms with Crippen molar-refractivity contribution >= 4 is 28.3 Å². The minimum absolute atomic E-state index is 0.0244. The van der Waals surface area contributed by atoms with Crippen LogP contribution in [0.3, 0.4) is 0 Å². The Labute approximate surface area is 178 Å². The summed E-state index contributed by atoms with van der Waals surface area (Å²) in [4.78, 5) is 28.2. The second kappa shape index (κ2) is 7.64. The zero-order valence-corrected chi connectivity index (χ0v) is 17.6. The van der Waals surface area contributed by atoms with Gasteiger partial charge in [-0.3, -0.25) is 14.9 Å². The summed E-state index contributed by atoms with van der Waals surface area (Å²) in [6.07, 6.45) is 0. The van der Waals surface area contributed by atoms with E-state index in [9.17, 15) is 14.9 Å². The van der Waals surface area contributed by atoms with E-state index in [1.165, 1.54) is 18.2 Å². The summed E-state index contributed by atoms with van der Waals surface area (Å²) >= 11 is 0. The highest BCUT2D eigenvalue weighted by Crippen LogP contribution is 2.25. The fourth-order valence-corrected chi connectivity index (χ4v) is 3.61. The number of hydrogen-bond donors (Lipinski definition) is 1. The highest BCUT2D eigenvalue weighted by atomic mass is 16.6. The summed E-state index contributed by atoms with van der Waals surface area (Å²) < 4.78 is 1.60. The van der Waals surface area contributed by atoms with Crippen LogP contribution >= 0.6 is 0 Å². The van der Waals surface area contributed by atoms with Crippen molar-refractivity contribution in [3.8, 4) is 5.82 Å². The highest BCUT2D eigenvalue weighted by Gasteiger charge is 2.17. The monoisotopic (exact) mass is 415 g/mol. The van der Waals surface area contributed by atoms with E-state index < -0.39 is 4.92 Å². The first-order chi connectivity index (χ1) is 14.7. The van der Waals surface area contributed by atoms with Crippen LogP contribution in [0.5, 0.6) is 0 Å². The van der Waals surface area contributed by atoms with E-state index >= 15 is 0 Å². The largest absolute Gasteiger partial charge is 0.306 e. The van der Waals surface area contributed by atoms with Crippen molar-refractivity contribution in [3.63, 3.8) is 0 Å². The SMILES string of the molecule is Cc1cc(NC(=O)c2ccc([N+](=O)[O-])c(C)c2)n(-c2cc(C)c3cccc(C)c3n2)n1. The van der Waals surface area contributed by atoms with Gasteiger partial charge in [-0.25, -0.2) is 4.98 Å². The third-order valence-electron chi connectivity index (χ3n) is 5.18. The van der Waals surface area contributed by atoms with E-state index in [0.29, 0.717) is 22.8 Å². The normalized spacial score (nSPS) is 11.0. The van der Waals surface area contributed by atoms with Gasteiger partial charge in [0.1, 0.15) is 5.82 Å². The molecule has 0 saturated carbocycles. The molecule has 2 aromatic heterocycles. The maximum atomic E-state index is 12.8. The molecule has 4 rings (SSSR count). The first kappa shape index (κ1) is 20.2. The Morgan fingerprint density at radius 2 is 1.77 bits per heavy atom. The number of benzene rings is 2. The quantitative estimate of drug-likeness (QED) is 0.380. The lowest BCUT2D eigenvalue weighted by molar-refractivity contribution is -0.385. The smallest absolute Gasteiger partial charge is 0.272 e. The average Bonchev–Trinajstić information content (AvgIpc) is 3.08. The summed E-state index contributed by atoms with van der Waals surface area (Å²) in [5.41, 5.74) is 4.44. The van der Waals surface area contributed by atoms with E-state index in [1.807, 2.05) is 45.0 Å². The van der Waals surface area contributed by atoms with Gasteiger partial charge in [-0.1, -0.05) is 18.2 Å². The van der Waals surface area contributed by atoms with Crippen LogP contribution in [0.1, 0.15) is 32.7 Å². The van der Waals surface area contributed by atoms with Crippen molar-refractivity contribution in [2.24, 2.45) is 0 Å². The number of amides is 1. The number of nitro groups is 1. The molecule has 1 amide bonds. The summed E-state index contributed by atoms with van der Waals surface area (Å²) in [5, 5.41) is 19.5. The Morgan fingerprint density at radius 1 is 1.00 bits per heavy atom. The van der Waals surface area contributed by atoms with Crippen LogP contribution in [-0.2, 0) is 0 Å². The predicted octanol–water partition coefficient (Wildman–Crippen LogP) is 4.81. The summed E-state index contributed by atoms with van der Waals surface area (Å²) in [6, 6.07) is 14.0. The Bertz CT molecular complexity index is 1360. The molecule has 8 heteroatoms. The molecule has 0 atom stereocenters. The molecule has 1 N–H and O–H groups in total. The molecule has 0 aliphatic heterocycles. The topological polar surface area (TPSA) is 103 Å². The van der Waals surface area contributed by atoms with Crippen molar-refractivity contribution in [3.05, 3.63) is 86.6 Å². The van der Waals surface area contributed by atoms with Crippen LogP contribution in [0.2, 0.25) is 0 Å². The predicted molar refractivity (Wildman–Crippen MR) is 119 cm³/mol. The van der Waals surface area contributed by atoms with Crippen LogP contribution in [0, 0.1) is 37.8 Å². The van der Waals surface area contributed by atoms with Crippen molar-refractivity contribution in [1.29, 1.82) is 0 Å². The summed E-state index contributed by atoms with van der Waals surface area (Å²) in [5.74, 6) is 0.689. The first-order valence-corrected chi connectivity index (χ1v) is 9.75. The number of nitro benzene ring substituents is 1. The minimum atomic E-state index is -0.467. The fraction of sp³-hybridized carbons (Fsp3) is 0.174. The molecule has 2 aromatic carbocycles. The second-order valence-corrected chi connectivity index (χ2v) is 7.56. The Hall–Kier alpha value is -4.07. The molecular formula is C23H21N5O3. The molecule has 0 aliphatic rings. The third kappa shape index (κ3) is 3.75. The molecule has 0 unspecified atom stereocenters. The Morgan fingerprint density at radius 3 is 2.48 bits per heavy atom. The Kier molecular flexibility index (Phi) is 4.98. The molecule has 4 aromatic rings. The number of aromatic nitrogens is 3. The van der Waals surface area contributed by atoms with Crippen LogP contribution < -0.4 is 5.32 Å². The van der Waals surface area contributed by atoms with Gasteiger partial charge >= 0.3 is 0 Å². The summed E-state index contributed by atoms with van der Waals surface area (Å²) in [7, 11) is 0. The number of nitrogens with one attached hydrogen (secondary N) is 1. The van der Waals surface area contributed by atoms with Crippen LogP contribution in [-0.4, -0.2) is 25.6 Å². The molecule has 156 valence electrons. The number of hydrogen-bond acceptors (Lipinski definition) is 5. The van der Waals surface area contributed by atoms with Crippen molar-refractivity contribution in [2.45, 2.75) is 27.7 Å². The molecular weight excluding hydrogens is 394 g/mol. The van der Waals surface area contributed by atoms with Crippen LogP contribution in [0.25, 0.3) is 16.7 Å². The lowest BCUT2D eigenvalue weighted by atomic mass is 10.1. The van der Waals surface area contributed by atoms with Gasteiger partial charge in [0.05, 0.1) is 16.1 Å². The maximum absolute atomic E-state index is 12.8. The molecule has 0 saturated heterocycles. The Balaban J connectivity index is 1.72. The van der Waals surface area contributed by atoms with E-state index in [0.717, 1.165) is 27.7 Å². The molecule has 0 bridgehead atoms. The zero-order valence-electron chi connectivity index (χ0n) is 17.6. The summed E-state index contributed by atoms with van der Waals surface area (Å²) in [6.45, 7) is 7.46. The number of fused-ring (bicyclic) bond motifs is 1. The van der Waals surface area contributed by atoms with Crippen molar-refractivity contribution < 1.29 is 9.72 Å². The zero-order chi connectivity index (χ0) is 22.3. The van der Waals surface area contributed by atoms with Gasteiger partial charge in [-0.15, -0.1) is 0 Å². The molecule has 8 nitrogen and oxygen atoms in total. The number of carbonyl (C=O) groups is 1. The fourth-order valence-electron chi connectivity index (χ4n) is 3.61. The molecule has 2 heterocycles. The van der Waals surface area contributed by atoms with Gasteiger partial charge in [0.2, 0.25) is 0 Å². The van der Waals surface area contributed by atoms with E-state index in [1.54, 1.807) is 17.7 Å². The van der Waals surface area contributed by atoms with Gasteiger partial charge in [-0.2, -0.15) is 9.78 Å². The van der Waals surface area contributed by atoms with Gasteiger partial charge in [-0.05, 0) is 57.0 Å². The van der Waals surface area contributed by atoms with E-state index in [2.05, 4.69) is 10.4 Å². The van der Waals surface area contributed by atoms with Gasteiger partial charge in [0, 0.05) is 28.6 Å². The number of nitrogens with zero attached hydrogens (tertiary/aromatic N) is 4. The standard InChI is InChI=1S/C23H21N5O3/c1-13-6-5-7-18-14(2)11-20(24-22(13)18)27-21(12-16(4)26-27)25-23(29)17-8-9-19(28(30)31)15(3)10-17/h5-12H,1-4H3,(H,25,29). The molecule has 31 heavy (non-hydrogen) atoms. The lowest BCUT2D eigenvalue weighted by Gasteiger charge is -2.12. The third-order valence-corrected chi connectivity index (χ3v) is 5.18. The van der Waals surface area contributed by atoms with Crippen LogP contribution in [0.4, 0.5) is 11.5 Å². The number of carbonyl (C=O) groups excluding carboxylic acids is 1. The van der Waals surface area contributed by atoms with Gasteiger partial charge in [0.25, 0.3) is 11.6 Å². The molecule has 0 radical (unpaired) electrons. The maximum Gasteiger partial charge on any atom is 0.272 e. The number of anilines is 1. The molecule has 0 aliphatic carbocycles. The first-order valence-electron chi connectivity index (χ1n) is 9.75. The van der Waals surface area contributed by atoms with Gasteiger partial charge < -0.3 is 5.32 Å². The number of pyridine rings is 1. The van der Waals surface area contributed by atoms with Crippen molar-refractivity contribution in [1.82, 2.24) is 14.8 Å². The second-order valence-electron chi connectivity index (χ2n) is 7.56. The highest BCUT2D eigenvalue weighted by molar-refractivity contribution is 6.04. The average molecular weight is 415 g/mol. The number of para-hydroxylation sites is 1. The van der Waals surface area contributed by atoms with Crippen LogP contribution in [0.15, 0.2) is 48.5 Å². The van der Waals surface area contributed by atoms with Gasteiger partial charge in [0.15, 0.2) is 5.82 Å². The van der Waals surface area contributed by atoms with Crippen molar-refractivity contribution in [2.75, 3.05) is 5.32 Å². The lowest BCUT2D eigenvalue weighted by Crippen LogP contribution is -2.16. The van der Waals surface area contributed by atoms with E-state index in [4.69, 9.17) is 4.98 Å². The van der Waals surface area contributed by atoms with E-state index in [-0.39, 0.29) is 11.6 Å². The minimum Gasteiger partial charge on any atom is -0.306 e. The molecule has 0 fully saturated rings. The molecule has 0 spiro atoms. The number of aryl methyl sites for hydroxylation is 4.